The van der Waals surface area contributed by atoms with Gasteiger partial charge in [0, 0.05) is 43.2 Å². The van der Waals surface area contributed by atoms with Gasteiger partial charge in [0.1, 0.15) is 5.82 Å². The maximum atomic E-state index is 13.2. The summed E-state index contributed by atoms with van der Waals surface area (Å²) < 4.78 is 18.7. The molecule has 100 valence electrons. The van der Waals surface area contributed by atoms with Gasteiger partial charge in [0.2, 0.25) is 0 Å². The molecule has 0 amide bonds. The molecule has 2 nitrogen and oxygen atoms in total. The van der Waals surface area contributed by atoms with Gasteiger partial charge < -0.3 is 9.64 Å². The Morgan fingerprint density at radius 1 is 1.39 bits per heavy atom. The molecular formula is C14H19BrFNO. The molecule has 1 saturated heterocycles. The van der Waals surface area contributed by atoms with E-state index in [1.54, 1.807) is 12.1 Å². The van der Waals surface area contributed by atoms with Crippen LogP contribution in [-0.2, 0) is 4.74 Å². The zero-order valence-corrected chi connectivity index (χ0v) is 12.2. The third-order valence-electron chi connectivity index (χ3n) is 3.66. The number of ether oxygens (including phenoxy) is 1. The maximum Gasteiger partial charge on any atom is 0.125 e. The molecule has 0 aliphatic carbocycles. The Hall–Kier alpha value is -0.610. The molecule has 0 spiro atoms. The first-order valence-corrected chi connectivity index (χ1v) is 7.38. The number of anilines is 1. The van der Waals surface area contributed by atoms with Crippen LogP contribution in [0.2, 0.25) is 0 Å². The largest absolute Gasteiger partial charge is 0.381 e. The Morgan fingerprint density at radius 2 is 2.11 bits per heavy atom. The second kappa shape index (κ2) is 6.02. The van der Waals surface area contributed by atoms with Crippen molar-refractivity contribution >= 4 is 21.6 Å². The average molecular weight is 316 g/mol. The van der Waals surface area contributed by atoms with E-state index in [1.807, 2.05) is 13.1 Å². The number of hydrogen-bond donors (Lipinski definition) is 0. The fourth-order valence-electron chi connectivity index (χ4n) is 2.45. The van der Waals surface area contributed by atoms with E-state index in [0.717, 1.165) is 43.6 Å². The van der Waals surface area contributed by atoms with E-state index in [4.69, 9.17) is 4.74 Å². The standard InChI is InChI=1S/C14H19BrFNO/c1-17(13-4-2-3-12(16)9-13)11-14(10-15)5-7-18-8-6-14/h2-4,9H,5-8,10-11H2,1H3. The first-order valence-electron chi connectivity index (χ1n) is 6.26. The molecule has 1 aromatic rings. The number of benzene rings is 1. The highest BCUT2D eigenvalue weighted by Crippen LogP contribution is 2.34. The van der Waals surface area contributed by atoms with Crippen LogP contribution < -0.4 is 4.90 Å². The lowest BCUT2D eigenvalue weighted by Crippen LogP contribution is -2.41. The maximum absolute atomic E-state index is 13.2. The predicted molar refractivity (Wildman–Crippen MR) is 76.0 cm³/mol. The molecule has 0 N–H and O–H groups in total. The van der Waals surface area contributed by atoms with Crippen molar-refractivity contribution in [2.45, 2.75) is 12.8 Å². The summed E-state index contributed by atoms with van der Waals surface area (Å²) in [5.41, 5.74) is 1.17. The summed E-state index contributed by atoms with van der Waals surface area (Å²) >= 11 is 3.63. The number of hydrogen-bond acceptors (Lipinski definition) is 2. The van der Waals surface area contributed by atoms with Crippen molar-refractivity contribution < 1.29 is 9.13 Å². The molecule has 18 heavy (non-hydrogen) atoms. The fourth-order valence-corrected chi connectivity index (χ4v) is 3.18. The molecule has 0 aromatic heterocycles. The van der Waals surface area contributed by atoms with E-state index in [1.165, 1.54) is 6.07 Å². The third kappa shape index (κ3) is 3.23. The average Bonchev–Trinajstić information content (AvgIpc) is 2.40. The van der Waals surface area contributed by atoms with Crippen LogP contribution in [0.5, 0.6) is 0 Å². The summed E-state index contributed by atoms with van der Waals surface area (Å²) in [6, 6.07) is 6.77. The smallest absolute Gasteiger partial charge is 0.125 e. The van der Waals surface area contributed by atoms with Gasteiger partial charge in [-0.2, -0.15) is 0 Å². The molecule has 0 unspecified atom stereocenters. The Labute approximate surface area is 116 Å². The lowest BCUT2D eigenvalue weighted by atomic mass is 9.82. The van der Waals surface area contributed by atoms with E-state index in [9.17, 15) is 4.39 Å². The third-order valence-corrected chi connectivity index (χ3v) is 4.85. The van der Waals surface area contributed by atoms with Crippen LogP contribution in [0.15, 0.2) is 24.3 Å². The van der Waals surface area contributed by atoms with Gasteiger partial charge in [-0.25, -0.2) is 4.39 Å². The van der Waals surface area contributed by atoms with Gasteiger partial charge in [0.25, 0.3) is 0 Å². The summed E-state index contributed by atoms with van der Waals surface area (Å²) in [6.07, 6.45) is 2.11. The van der Waals surface area contributed by atoms with E-state index < -0.39 is 0 Å². The van der Waals surface area contributed by atoms with Crippen LogP contribution in [0.1, 0.15) is 12.8 Å². The van der Waals surface area contributed by atoms with Crippen LogP contribution >= 0.6 is 15.9 Å². The van der Waals surface area contributed by atoms with Crippen molar-refractivity contribution in [3.8, 4) is 0 Å². The second-order valence-electron chi connectivity index (χ2n) is 5.08. The minimum Gasteiger partial charge on any atom is -0.381 e. The topological polar surface area (TPSA) is 12.5 Å². The Morgan fingerprint density at radius 3 is 2.72 bits per heavy atom. The zero-order chi connectivity index (χ0) is 13.0. The van der Waals surface area contributed by atoms with E-state index in [-0.39, 0.29) is 11.2 Å². The fraction of sp³-hybridized carbons (Fsp3) is 0.571. The molecule has 1 heterocycles. The van der Waals surface area contributed by atoms with E-state index >= 15 is 0 Å². The van der Waals surface area contributed by atoms with Crippen LogP contribution in [0.3, 0.4) is 0 Å². The molecular weight excluding hydrogens is 297 g/mol. The van der Waals surface area contributed by atoms with Gasteiger partial charge in [-0.05, 0) is 31.0 Å². The quantitative estimate of drug-likeness (QED) is 0.789. The first-order chi connectivity index (χ1) is 8.65. The minimum atomic E-state index is -0.181. The second-order valence-corrected chi connectivity index (χ2v) is 5.64. The predicted octanol–water partition coefficient (Wildman–Crippen LogP) is 3.45. The van der Waals surface area contributed by atoms with Crippen LogP contribution in [0, 0.1) is 11.2 Å². The highest BCUT2D eigenvalue weighted by Gasteiger charge is 2.32. The van der Waals surface area contributed by atoms with Crippen molar-refractivity contribution in [1.82, 2.24) is 0 Å². The number of halogens is 2. The van der Waals surface area contributed by atoms with Crippen molar-refractivity contribution in [2.75, 3.05) is 37.0 Å². The van der Waals surface area contributed by atoms with Crippen LogP contribution in [0.4, 0.5) is 10.1 Å². The summed E-state index contributed by atoms with van der Waals surface area (Å²) in [6.45, 7) is 2.57. The van der Waals surface area contributed by atoms with E-state index in [0.29, 0.717) is 0 Å². The minimum absolute atomic E-state index is 0.181. The van der Waals surface area contributed by atoms with Crippen molar-refractivity contribution in [2.24, 2.45) is 5.41 Å². The highest BCUT2D eigenvalue weighted by atomic mass is 79.9. The lowest BCUT2D eigenvalue weighted by molar-refractivity contribution is 0.0304. The van der Waals surface area contributed by atoms with Crippen LogP contribution in [-0.4, -0.2) is 32.1 Å². The Bertz CT molecular complexity index is 393. The van der Waals surface area contributed by atoms with Gasteiger partial charge in [0.15, 0.2) is 0 Å². The van der Waals surface area contributed by atoms with Gasteiger partial charge >= 0.3 is 0 Å². The van der Waals surface area contributed by atoms with Gasteiger partial charge in [-0.15, -0.1) is 0 Å². The molecule has 0 atom stereocenters. The molecule has 0 radical (unpaired) electrons. The highest BCUT2D eigenvalue weighted by molar-refractivity contribution is 9.09. The van der Waals surface area contributed by atoms with Crippen molar-refractivity contribution in [3.05, 3.63) is 30.1 Å². The summed E-state index contributed by atoms with van der Waals surface area (Å²) in [7, 11) is 2.02. The van der Waals surface area contributed by atoms with E-state index in [2.05, 4.69) is 20.8 Å². The molecule has 0 saturated carbocycles. The number of alkyl halides is 1. The van der Waals surface area contributed by atoms with Gasteiger partial charge in [-0.3, -0.25) is 0 Å². The molecule has 1 aliphatic heterocycles. The van der Waals surface area contributed by atoms with Crippen molar-refractivity contribution in [1.29, 1.82) is 0 Å². The molecule has 1 aromatic carbocycles. The molecule has 1 aliphatic rings. The molecule has 0 bridgehead atoms. The van der Waals surface area contributed by atoms with Gasteiger partial charge in [-0.1, -0.05) is 22.0 Å². The zero-order valence-electron chi connectivity index (χ0n) is 10.7. The first kappa shape index (κ1) is 13.8. The Balaban J connectivity index is 2.07. The molecule has 1 fully saturated rings. The number of rotatable bonds is 4. The summed E-state index contributed by atoms with van der Waals surface area (Å²) in [4.78, 5) is 2.13. The monoisotopic (exact) mass is 315 g/mol. The van der Waals surface area contributed by atoms with Gasteiger partial charge in [0.05, 0.1) is 0 Å². The lowest BCUT2D eigenvalue weighted by Gasteiger charge is -2.39. The summed E-state index contributed by atoms with van der Waals surface area (Å²) in [5.74, 6) is -0.181. The van der Waals surface area contributed by atoms with Crippen molar-refractivity contribution in [3.63, 3.8) is 0 Å². The SMILES string of the molecule is CN(CC1(CBr)CCOCC1)c1cccc(F)c1. The summed E-state index contributed by atoms with van der Waals surface area (Å²) in [5, 5.41) is 0.961. The van der Waals surface area contributed by atoms with Crippen LogP contribution in [0.25, 0.3) is 0 Å². The Kier molecular flexibility index (Phi) is 4.62. The number of nitrogens with zero attached hydrogens (tertiary/aromatic N) is 1. The molecule has 4 heteroatoms. The normalized spacial score (nSPS) is 18.6. The molecule has 2 rings (SSSR count).